The Balaban J connectivity index is 2.88. The van der Waals surface area contributed by atoms with E-state index in [-0.39, 0.29) is 12.1 Å². The van der Waals surface area contributed by atoms with Crippen LogP contribution in [0.1, 0.15) is 27.7 Å². The van der Waals surface area contributed by atoms with E-state index in [1.165, 1.54) is 0 Å². The molecule has 0 saturated carbocycles. The van der Waals surface area contributed by atoms with Crippen LogP contribution in [0, 0.1) is 6.04 Å². The molecule has 14 heavy (non-hydrogen) atoms. The molecule has 0 aromatic carbocycles. The standard InChI is InChI=1S/C10H16N2O2/c1-6(2)14-10(13)9-7(3)8(4)11-12(9)5/h6H,1-5H3/q+1. The van der Waals surface area contributed by atoms with Crippen LogP contribution in [-0.2, 0) is 9.53 Å². The molecular formula is C10H16N2O2+. The van der Waals surface area contributed by atoms with E-state index in [9.17, 15) is 4.79 Å². The zero-order valence-electron chi connectivity index (χ0n) is 9.29. The van der Waals surface area contributed by atoms with Gasteiger partial charge in [-0.2, -0.15) is 0 Å². The Bertz CT molecular complexity index is 316. The number of hydrogen-bond acceptors (Lipinski definition) is 3. The first kappa shape index (κ1) is 10.9. The Labute approximate surface area is 84.3 Å². The minimum absolute atomic E-state index is 0.0999. The van der Waals surface area contributed by atoms with Crippen LogP contribution in [0.5, 0.6) is 0 Å². The van der Waals surface area contributed by atoms with Gasteiger partial charge in [-0.3, -0.25) is 0 Å². The monoisotopic (exact) mass is 196 g/mol. The Morgan fingerprint density at radius 1 is 1.43 bits per heavy atom. The van der Waals surface area contributed by atoms with Gasteiger partial charge in [0.1, 0.15) is 0 Å². The van der Waals surface area contributed by atoms with Crippen molar-refractivity contribution in [1.82, 2.24) is 0 Å². The Morgan fingerprint density at radius 3 is 2.36 bits per heavy atom. The summed E-state index contributed by atoms with van der Waals surface area (Å²) in [4.78, 5) is 11.6. The smallest absolute Gasteiger partial charge is 0.406 e. The van der Waals surface area contributed by atoms with Gasteiger partial charge in [0.15, 0.2) is 13.1 Å². The van der Waals surface area contributed by atoms with Crippen molar-refractivity contribution >= 4 is 5.97 Å². The highest BCUT2D eigenvalue weighted by Crippen LogP contribution is 2.26. The highest BCUT2D eigenvalue weighted by Gasteiger charge is 2.35. The quantitative estimate of drug-likeness (QED) is 0.499. The van der Waals surface area contributed by atoms with Crippen molar-refractivity contribution in [2.45, 2.75) is 33.8 Å². The number of azo groups is 2. The van der Waals surface area contributed by atoms with Crippen molar-refractivity contribution in [3.8, 4) is 0 Å². The average molecular weight is 196 g/mol. The molecule has 0 bridgehead atoms. The molecule has 77 valence electrons. The summed E-state index contributed by atoms with van der Waals surface area (Å²) in [5.41, 5.74) is 1.43. The normalized spacial score (nSPS) is 17.7. The minimum atomic E-state index is -0.305. The Kier molecular flexibility index (Phi) is 3.03. The number of ether oxygens (including phenoxy) is 1. The van der Waals surface area contributed by atoms with Crippen LogP contribution in [0.2, 0.25) is 0 Å². The van der Waals surface area contributed by atoms with E-state index in [2.05, 4.69) is 5.11 Å². The summed E-state index contributed by atoms with van der Waals surface area (Å²) < 4.78 is 6.68. The average Bonchev–Trinajstić information content (AvgIpc) is 2.25. The van der Waals surface area contributed by atoms with Crippen LogP contribution >= 0.6 is 0 Å². The maximum absolute atomic E-state index is 11.6. The fraction of sp³-hybridized carbons (Fsp3) is 0.600. The first-order chi connectivity index (χ1) is 6.43. The second-order valence-electron chi connectivity index (χ2n) is 3.64. The van der Waals surface area contributed by atoms with Crippen LogP contribution < -0.4 is 0 Å². The van der Waals surface area contributed by atoms with E-state index in [0.29, 0.717) is 5.70 Å². The first-order valence-corrected chi connectivity index (χ1v) is 4.64. The van der Waals surface area contributed by atoms with Gasteiger partial charge in [-0.05, 0) is 32.8 Å². The van der Waals surface area contributed by atoms with Crippen molar-refractivity contribution in [1.29, 1.82) is 0 Å². The molecule has 1 aliphatic rings. The van der Waals surface area contributed by atoms with Gasteiger partial charge >= 0.3 is 11.7 Å². The Hall–Kier alpha value is -1.19. The maximum atomic E-state index is 11.6. The number of hydrogen-bond donors (Lipinski definition) is 0. The lowest BCUT2D eigenvalue weighted by Gasteiger charge is -2.05. The Morgan fingerprint density at radius 2 is 2.00 bits per heavy atom. The maximum Gasteiger partial charge on any atom is 0.406 e. The molecule has 0 fully saturated rings. The molecule has 1 heterocycles. The summed E-state index contributed by atoms with van der Waals surface area (Å²) in [5.74, 6) is -0.305. The van der Waals surface area contributed by atoms with Crippen molar-refractivity contribution in [2.24, 2.45) is 5.11 Å². The summed E-state index contributed by atoms with van der Waals surface area (Å²) >= 11 is 0. The molecule has 0 unspecified atom stereocenters. The third-order valence-corrected chi connectivity index (χ3v) is 2.06. The van der Waals surface area contributed by atoms with Gasteiger partial charge in [0.25, 0.3) is 0 Å². The van der Waals surface area contributed by atoms with E-state index in [4.69, 9.17) is 4.74 Å². The molecule has 0 atom stereocenters. The highest BCUT2D eigenvalue weighted by molar-refractivity contribution is 5.87. The van der Waals surface area contributed by atoms with Crippen molar-refractivity contribution in [3.63, 3.8) is 0 Å². The predicted octanol–water partition coefficient (Wildman–Crippen LogP) is 1.87. The van der Waals surface area contributed by atoms with E-state index in [1.807, 2.05) is 27.7 Å². The lowest BCUT2D eigenvalue weighted by atomic mass is 10.1. The molecular weight excluding hydrogens is 180 g/mol. The molecule has 1 rings (SSSR count). The van der Waals surface area contributed by atoms with E-state index >= 15 is 0 Å². The summed E-state index contributed by atoms with van der Waals surface area (Å²) in [7, 11) is 1.75. The van der Waals surface area contributed by atoms with Crippen molar-refractivity contribution < 1.29 is 14.2 Å². The fourth-order valence-corrected chi connectivity index (χ4v) is 1.32. The molecule has 4 heteroatoms. The number of carbonyl (C=O) groups is 1. The van der Waals surface area contributed by atoms with Gasteiger partial charge < -0.3 is 4.74 Å². The molecule has 0 amide bonds. The zero-order chi connectivity index (χ0) is 10.9. The molecule has 0 spiro atoms. The summed E-state index contributed by atoms with van der Waals surface area (Å²) in [6, 6.07) is 0.864. The predicted molar refractivity (Wildman–Crippen MR) is 51.5 cm³/mol. The van der Waals surface area contributed by atoms with Gasteiger partial charge in [0.05, 0.1) is 6.10 Å². The van der Waals surface area contributed by atoms with Crippen LogP contribution in [0.15, 0.2) is 16.4 Å². The summed E-state index contributed by atoms with van der Waals surface area (Å²) in [5, 5.41) is 4.15. The molecule has 1 aliphatic heterocycles. The zero-order valence-corrected chi connectivity index (χ0v) is 9.29. The number of likely N-dealkylation sites (N-methyl/N-ethyl adjacent to an activating group) is 1. The van der Waals surface area contributed by atoms with Crippen molar-refractivity contribution in [3.05, 3.63) is 17.3 Å². The number of esters is 1. The van der Waals surface area contributed by atoms with Crippen molar-refractivity contribution in [2.75, 3.05) is 7.05 Å². The SMILES string of the molecule is C[C]1N=[N+](C)C(C(=O)OC(C)C)=C1C. The molecule has 0 saturated heterocycles. The number of carbonyl (C=O) groups excluding carboxylic acids is 1. The van der Waals surface area contributed by atoms with Gasteiger partial charge in [-0.1, -0.05) is 4.70 Å². The van der Waals surface area contributed by atoms with Crippen LogP contribution in [0.25, 0.3) is 0 Å². The lowest BCUT2D eigenvalue weighted by molar-refractivity contribution is -0.506. The van der Waals surface area contributed by atoms with E-state index < -0.39 is 0 Å². The van der Waals surface area contributed by atoms with Crippen LogP contribution in [-0.4, -0.2) is 23.8 Å². The first-order valence-electron chi connectivity index (χ1n) is 4.64. The number of rotatable bonds is 2. The van der Waals surface area contributed by atoms with Gasteiger partial charge in [-0.25, -0.2) is 4.79 Å². The van der Waals surface area contributed by atoms with Gasteiger partial charge in [0, 0.05) is 5.57 Å². The minimum Gasteiger partial charge on any atom is -0.455 e. The second kappa shape index (κ2) is 3.90. The second-order valence-corrected chi connectivity index (χ2v) is 3.64. The summed E-state index contributed by atoms with van der Waals surface area (Å²) in [6.45, 7) is 7.41. The third-order valence-electron chi connectivity index (χ3n) is 2.06. The molecule has 0 aromatic heterocycles. The van der Waals surface area contributed by atoms with E-state index in [1.54, 1.807) is 11.7 Å². The van der Waals surface area contributed by atoms with Gasteiger partial charge in [0.2, 0.25) is 0 Å². The third kappa shape index (κ3) is 2.00. The fourth-order valence-electron chi connectivity index (χ4n) is 1.32. The molecule has 4 nitrogen and oxygen atoms in total. The molecule has 1 radical (unpaired) electrons. The van der Waals surface area contributed by atoms with Crippen LogP contribution in [0.3, 0.4) is 0 Å². The largest absolute Gasteiger partial charge is 0.455 e. The number of nitrogens with zero attached hydrogens (tertiary/aromatic N) is 2. The molecule has 0 aromatic rings. The van der Waals surface area contributed by atoms with Crippen LogP contribution in [0.4, 0.5) is 0 Å². The lowest BCUT2D eigenvalue weighted by Crippen LogP contribution is -2.18. The van der Waals surface area contributed by atoms with E-state index in [0.717, 1.165) is 11.6 Å². The topological polar surface area (TPSA) is 41.7 Å². The highest BCUT2D eigenvalue weighted by atomic mass is 16.5. The molecule has 0 N–H and O–H groups in total. The summed E-state index contributed by atoms with van der Waals surface area (Å²) in [6.07, 6.45) is -0.0999. The molecule has 0 aliphatic carbocycles. The van der Waals surface area contributed by atoms with Gasteiger partial charge in [-0.15, -0.1) is 0 Å².